The van der Waals surface area contributed by atoms with E-state index in [0.29, 0.717) is 18.9 Å². The Morgan fingerprint density at radius 1 is 1.44 bits per heavy atom. The van der Waals surface area contributed by atoms with Crippen LogP contribution in [0.3, 0.4) is 0 Å². The molecule has 18 heavy (non-hydrogen) atoms. The molecule has 0 radical (unpaired) electrons. The van der Waals surface area contributed by atoms with Crippen LogP contribution >= 0.6 is 15.9 Å². The van der Waals surface area contributed by atoms with Crippen molar-refractivity contribution in [1.29, 1.82) is 0 Å². The summed E-state index contributed by atoms with van der Waals surface area (Å²) in [5.74, 6) is 0.500. The third-order valence-corrected chi connectivity index (χ3v) is 4.44. The topological polar surface area (TPSA) is 64.1 Å². The molecule has 0 amide bonds. The van der Waals surface area contributed by atoms with Crippen molar-refractivity contribution >= 4 is 15.9 Å². The van der Waals surface area contributed by atoms with Crippen molar-refractivity contribution in [2.45, 2.75) is 39.7 Å². The van der Waals surface area contributed by atoms with Gasteiger partial charge in [-0.25, -0.2) is 0 Å². The minimum absolute atomic E-state index is 0.122. The maximum Gasteiger partial charge on any atom is 0.0766 e. The average molecular weight is 318 g/mol. The van der Waals surface area contributed by atoms with Gasteiger partial charge in [-0.1, -0.05) is 20.8 Å². The van der Waals surface area contributed by atoms with E-state index < -0.39 is 6.10 Å². The van der Waals surface area contributed by atoms with Crippen LogP contribution < -0.4 is 5.73 Å². The van der Waals surface area contributed by atoms with Gasteiger partial charge >= 0.3 is 0 Å². The number of hydrogen-bond acceptors (Lipinski definition) is 3. The SMILES string of the molecule is CCc1nn(C)c(CC(O)C(CN)C(C)C)c1Br. The van der Waals surface area contributed by atoms with Gasteiger partial charge in [0.1, 0.15) is 0 Å². The molecule has 5 heteroatoms. The summed E-state index contributed by atoms with van der Waals surface area (Å²) >= 11 is 3.57. The van der Waals surface area contributed by atoms with Crippen molar-refractivity contribution in [3.8, 4) is 0 Å². The quantitative estimate of drug-likeness (QED) is 0.842. The standard InChI is InChI=1S/C13H24BrN3O/c1-5-10-13(14)11(17(4)16-10)6-12(18)9(7-15)8(2)3/h8-9,12,18H,5-7,15H2,1-4H3. The lowest BCUT2D eigenvalue weighted by Gasteiger charge is -2.25. The molecule has 1 rings (SSSR count). The second-order valence-electron chi connectivity index (χ2n) is 5.10. The summed E-state index contributed by atoms with van der Waals surface area (Å²) < 4.78 is 2.87. The zero-order valence-electron chi connectivity index (χ0n) is 11.7. The smallest absolute Gasteiger partial charge is 0.0766 e. The van der Waals surface area contributed by atoms with Crippen molar-refractivity contribution in [2.75, 3.05) is 6.54 Å². The first kappa shape index (κ1) is 15.7. The summed E-state index contributed by atoms with van der Waals surface area (Å²) in [4.78, 5) is 0. The molecule has 0 aliphatic carbocycles. The van der Waals surface area contributed by atoms with Crippen LogP contribution in [0.1, 0.15) is 32.2 Å². The number of aliphatic hydroxyl groups is 1. The molecular formula is C13H24BrN3O. The van der Waals surface area contributed by atoms with E-state index in [0.717, 1.165) is 22.3 Å². The van der Waals surface area contributed by atoms with Gasteiger partial charge in [-0.2, -0.15) is 5.10 Å². The fraction of sp³-hybridized carbons (Fsp3) is 0.769. The Morgan fingerprint density at radius 2 is 2.06 bits per heavy atom. The number of nitrogens with zero attached hydrogens (tertiary/aromatic N) is 2. The largest absolute Gasteiger partial charge is 0.392 e. The molecule has 0 fully saturated rings. The Kier molecular flexibility index (Phi) is 5.82. The fourth-order valence-electron chi connectivity index (χ4n) is 2.26. The summed E-state index contributed by atoms with van der Waals surface area (Å²) in [6.07, 6.45) is 1.05. The lowest BCUT2D eigenvalue weighted by molar-refractivity contribution is 0.0845. The molecule has 4 nitrogen and oxygen atoms in total. The third kappa shape index (κ3) is 3.33. The van der Waals surface area contributed by atoms with Gasteiger partial charge in [-0.3, -0.25) is 4.68 Å². The zero-order valence-corrected chi connectivity index (χ0v) is 13.2. The van der Waals surface area contributed by atoms with E-state index in [-0.39, 0.29) is 5.92 Å². The molecule has 0 aliphatic rings. The van der Waals surface area contributed by atoms with E-state index in [9.17, 15) is 5.11 Å². The number of aromatic nitrogens is 2. The normalized spacial score (nSPS) is 15.1. The van der Waals surface area contributed by atoms with Crippen molar-refractivity contribution in [2.24, 2.45) is 24.6 Å². The van der Waals surface area contributed by atoms with Gasteiger partial charge in [0.25, 0.3) is 0 Å². The minimum Gasteiger partial charge on any atom is -0.392 e. The van der Waals surface area contributed by atoms with Crippen LogP contribution in [-0.4, -0.2) is 27.5 Å². The predicted molar refractivity (Wildman–Crippen MR) is 77.4 cm³/mol. The Bertz CT molecular complexity index is 390. The summed E-state index contributed by atoms with van der Waals surface area (Å²) in [6, 6.07) is 0. The number of aryl methyl sites for hydroxylation is 2. The maximum atomic E-state index is 10.3. The lowest BCUT2D eigenvalue weighted by atomic mass is 9.88. The van der Waals surface area contributed by atoms with E-state index in [1.165, 1.54) is 0 Å². The van der Waals surface area contributed by atoms with Crippen LogP contribution in [0.2, 0.25) is 0 Å². The highest BCUT2D eigenvalue weighted by molar-refractivity contribution is 9.10. The first-order valence-corrected chi connectivity index (χ1v) is 7.29. The molecule has 0 saturated carbocycles. The van der Waals surface area contributed by atoms with Crippen LogP contribution in [-0.2, 0) is 19.9 Å². The van der Waals surface area contributed by atoms with Crippen LogP contribution in [0, 0.1) is 11.8 Å². The van der Waals surface area contributed by atoms with Gasteiger partial charge in [-0.05, 0) is 40.7 Å². The molecule has 0 aromatic carbocycles. The molecular weight excluding hydrogens is 294 g/mol. The van der Waals surface area contributed by atoms with Crippen LogP contribution in [0.4, 0.5) is 0 Å². The molecule has 0 saturated heterocycles. The van der Waals surface area contributed by atoms with Crippen molar-refractivity contribution < 1.29 is 5.11 Å². The molecule has 2 atom stereocenters. The molecule has 1 aromatic rings. The summed E-state index contributed by atoms with van der Waals surface area (Å²) in [5.41, 5.74) is 7.82. The van der Waals surface area contributed by atoms with Gasteiger partial charge in [-0.15, -0.1) is 0 Å². The lowest BCUT2D eigenvalue weighted by Crippen LogP contribution is -2.34. The van der Waals surface area contributed by atoms with Crippen LogP contribution in [0.5, 0.6) is 0 Å². The molecule has 0 aliphatic heterocycles. The van der Waals surface area contributed by atoms with Gasteiger partial charge in [0.15, 0.2) is 0 Å². The first-order valence-electron chi connectivity index (χ1n) is 6.50. The molecule has 3 N–H and O–H groups in total. The minimum atomic E-state index is -0.425. The highest BCUT2D eigenvalue weighted by Gasteiger charge is 2.24. The second-order valence-corrected chi connectivity index (χ2v) is 5.89. The zero-order chi connectivity index (χ0) is 13.9. The van der Waals surface area contributed by atoms with Gasteiger partial charge in [0.2, 0.25) is 0 Å². The van der Waals surface area contributed by atoms with E-state index >= 15 is 0 Å². The molecule has 0 bridgehead atoms. The average Bonchev–Trinajstić information content (AvgIpc) is 2.56. The van der Waals surface area contributed by atoms with Gasteiger partial charge in [0.05, 0.1) is 22.0 Å². The number of nitrogens with two attached hydrogens (primary N) is 1. The number of rotatable bonds is 6. The fourth-order valence-corrected chi connectivity index (χ4v) is 3.04. The maximum absolute atomic E-state index is 10.3. The molecule has 1 aromatic heterocycles. The van der Waals surface area contributed by atoms with E-state index in [1.807, 2.05) is 11.7 Å². The second kappa shape index (κ2) is 6.68. The van der Waals surface area contributed by atoms with Crippen LogP contribution in [0.15, 0.2) is 4.47 Å². The van der Waals surface area contributed by atoms with Crippen molar-refractivity contribution in [3.05, 3.63) is 15.9 Å². The number of aliphatic hydroxyl groups excluding tert-OH is 1. The Labute approximate surface area is 118 Å². The Hall–Kier alpha value is -0.390. The van der Waals surface area contributed by atoms with Gasteiger partial charge < -0.3 is 10.8 Å². The van der Waals surface area contributed by atoms with E-state index in [4.69, 9.17) is 5.73 Å². The number of hydrogen-bond donors (Lipinski definition) is 2. The van der Waals surface area contributed by atoms with Crippen LogP contribution in [0.25, 0.3) is 0 Å². The third-order valence-electron chi connectivity index (χ3n) is 3.53. The van der Waals surface area contributed by atoms with Crippen molar-refractivity contribution in [1.82, 2.24) is 9.78 Å². The van der Waals surface area contributed by atoms with Gasteiger partial charge in [0, 0.05) is 13.5 Å². The molecule has 104 valence electrons. The highest BCUT2D eigenvalue weighted by atomic mass is 79.9. The molecule has 1 heterocycles. The highest BCUT2D eigenvalue weighted by Crippen LogP contribution is 2.25. The monoisotopic (exact) mass is 317 g/mol. The predicted octanol–water partition coefficient (Wildman–Crippen LogP) is 1.88. The van der Waals surface area contributed by atoms with E-state index in [2.05, 4.69) is 41.8 Å². The Morgan fingerprint density at radius 3 is 2.44 bits per heavy atom. The Balaban J connectivity index is 2.87. The molecule has 0 spiro atoms. The summed E-state index contributed by atoms with van der Waals surface area (Å²) in [5, 5.41) is 14.8. The summed E-state index contributed by atoms with van der Waals surface area (Å²) in [7, 11) is 1.92. The van der Waals surface area contributed by atoms with Crippen molar-refractivity contribution in [3.63, 3.8) is 0 Å². The first-order chi connectivity index (χ1) is 8.42. The van der Waals surface area contributed by atoms with E-state index in [1.54, 1.807) is 0 Å². The number of halogens is 1. The molecule has 2 unspecified atom stereocenters. The summed E-state index contributed by atoms with van der Waals surface area (Å²) in [6.45, 7) is 6.77.